The molecule has 1 aromatic carbocycles. The van der Waals surface area contributed by atoms with Crippen molar-refractivity contribution in [2.45, 2.75) is 26.4 Å². The number of benzene rings is 1. The predicted molar refractivity (Wildman–Crippen MR) is 134 cm³/mol. The van der Waals surface area contributed by atoms with Gasteiger partial charge < -0.3 is 4.90 Å². The molecule has 170 valence electrons. The zero-order valence-corrected chi connectivity index (χ0v) is 20.3. The van der Waals surface area contributed by atoms with Crippen LogP contribution >= 0.6 is 22.7 Å². The summed E-state index contributed by atoms with van der Waals surface area (Å²) in [5.41, 5.74) is 3.77. The Morgan fingerprint density at radius 2 is 1.82 bits per heavy atom. The van der Waals surface area contributed by atoms with Crippen LogP contribution in [0.2, 0.25) is 0 Å². The van der Waals surface area contributed by atoms with Gasteiger partial charge in [0.25, 0.3) is 5.91 Å². The molecule has 4 aromatic rings. The Kier molecular flexibility index (Phi) is 6.66. The van der Waals surface area contributed by atoms with Crippen molar-refractivity contribution in [3.05, 3.63) is 81.2 Å². The first-order chi connectivity index (χ1) is 16.2. The second kappa shape index (κ2) is 9.99. The molecule has 3 aromatic heterocycles. The molecule has 0 saturated carbocycles. The number of piperazine rings is 1. The number of carbonyl (C=O) groups is 1. The van der Waals surface area contributed by atoms with E-state index in [4.69, 9.17) is 5.10 Å². The summed E-state index contributed by atoms with van der Waals surface area (Å²) in [6.07, 6.45) is 2.90. The van der Waals surface area contributed by atoms with E-state index in [0.29, 0.717) is 12.1 Å². The third-order valence-corrected chi connectivity index (χ3v) is 7.80. The smallest absolute Gasteiger partial charge is 0.257 e. The number of nitrogens with zero attached hydrogens (tertiary/aromatic N) is 5. The van der Waals surface area contributed by atoms with Crippen LogP contribution in [0, 0.1) is 0 Å². The monoisotopic (exact) mass is 477 g/mol. The number of aryl methyl sites for hydroxylation is 1. The van der Waals surface area contributed by atoms with Crippen molar-refractivity contribution in [1.29, 1.82) is 0 Å². The summed E-state index contributed by atoms with van der Waals surface area (Å²) in [5, 5.41) is 10.2. The van der Waals surface area contributed by atoms with Gasteiger partial charge in [0.15, 0.2) is 0 Å². The first-order valence-corrected chi connectivity index (χ1v) is 13.1. The number of carbonyl (C=O) groups excluding carboxylic acids is 1. The Balaban J connectivity index is 1.29. The lowest BCUT2D eigenvalue weighted by Crippen LogP contribution is -2.48. The molecule has 0 radical (unpaired) electrons. The Labute approximate surface area is 202 Å². The summed E-state index contributed by atoms with van der Waals surface area (Å²) < 4.78 is 1.89. The fourth-order valence-electron chi connectivity index (χ4n) is 4.12. The van der Waals surface area contributed by atoms with Crippen molar-refractivity contribution in [2.75, 3.05) is 26.2 Å². The van der Waals surface area contributed by atoms with Crippen LogP contribution < -0.4 is 0 Å². The van der Waals surface area contributed by atoms with Crippen molar-refractivity contribution in [3.63, 3.8) is 0 Å². The summed E-state index contributed by atoms with van der Waals surface area (Å²) in [4.78, 5) is 23.6. The zero-order chi connectivity index (χ0) is 22.6. The third-order valence-electron chi connectivity index (χ3n) is 5.88. The standard InChI is InChI=1S/C25H27N5OS2/c1-2-23-26-20(18-33-23)16-28-10-12-29(13-11-28)25(31)21-17-30(15-19-7-4-3-5-8-19)27-24(21)22-9-6-14-32-22/h3-9,14,17-18H,2,10-13,15-16H2,1H3. The van der Waals surface area contributed by atoms with Crippen LogP contribution in [0.1, 0.15) is 33.5 Å². The lowest BCUT2D eigenvalue weighted by molar-refractivity contribution is 0.0628. The summed E-state index contributed by atoms with van der Waals surface area (Å²) in [7, 11) is 0. The minimum atomic E-state index is 0.0688. The van der Waals surface area contributed by atoms with E-state index in [2.05, 4.69) is 34.3 Å². The second-order valence-electron chi connectivity index (χ2n) is 8.21. The van der Waals surface area contributed by atoms with Crippen LogP contribution in [0.3, 0.4) is 0 Å². The SMILES string of the molecule is CCc1nc(CN2CCN(C(=O)c3cn(Cc4ccccc4)nc3-c3cccs3)CC2)cs1. The summed E-state index contributed by atoms with van der Waals surface area (Å²) in [6.45, 7) is 6.80. The number of hydrogen-bond acceptors (Lipinski definition) is 6. The number of amides is 1. The number of rotatable bonds is 7. The molecule has 4 heterocycles. The van der Waals surface area contributed by atoms with Crippen molar-refractivity contribution in [3.8, 4) is 10.6 Å². The quantitative estimate of drug-likeness (QED) is 0.389. The molecule has 0 unspecified atom stereocenters. The van der Waals surface area contributed by atoms with Crippen LogP contribution in [0.25, 0.3) is 10.6 Å². The van der Waals surface area contributed by atoms with Crippen LogP contribution in [-0.4, -0.2) is 56.7 Å². The van der Waals surface area contributed by atoms with Crippen LogP contribution in [0.4, 0.5) is 0 Å². The number of thiophene rings is 1. The molecule has 5 rings (SSSR count). The molecule has 1 fully saturated rings. The van der Waals surface area contributed by atoms with Gasteiger partial charge in [0, 0.05) is 44.3 Å². The molecule has 0 spiro atoms. The number of hydrogen-bond donors (Lipinski definition) is 0. The topological polar surface area (TPSA) is 54.3 Å². The van der Waals surface area contributed by atoms with Gasteiger partial charge in [-0.2, -0.15) is 5.10 Å². The van der Waals surface area contributed by atoms with Gasteiger partial charge in [-0.3, -0.25) is 14.4 Å². The summed E-state index contributed by atoms with van der Waals surface area (Å²) in [6, 6.07) is 14.3. The third kappa shape index (κ3) is 5.08. The molecule has 0 atom stereocenters. The Bertz CT molecular complexity index is 1190. The van der Waals surface area contributed by atoms with Gasteiger partial charge in [-0.15, -0.1) is 22.7 Å². The average Bonchev–Trinajstić information content (AvgIpc) is 3.61. The fourth-order valence-corrected chi connectivity index (χ4v) is 5.58. The van der Waals surface area contributed by atoms with E-state index in [1.807, 2.05) is 51.5 Å². The van der Waals surface area contributed by atoms with Crippen LogP contribution in [0.5, 0.6) is 0 Å². The van der Waals surface area contributed by atoms with Crippen LogP contribution in [0.15, 0.2) is 59.4 Å². The molecule has 1 saturated heterocycles. The predicted octanol–water partition coefficient (Wildman–Crippen LogP) is 4.64. The van der Waals surface area contributed by atoms with Crippen molar-refractivity contribution in [1.82, 2.24) is 24.6 Å². The molecule has 6 nitrogen and oxygen atoms in total. The molecule has 1 aliphatic heterocycles. The molecular formula is C25H27N5OS2. The molecule has 1 aliphatic rings. The Morgan fingerprint density at radius 3 is 2.52 bits per heavy atom. The highest BCUT2D eigenvalue weighted by Gasteiger charge is 2.27. The molecular weight excluding hydrogens is 450 g/mol. The van der Waals surface area contributed by atoms with E-state index >= 15 is 0 Å². The maximum atomic E-state index is 13.5. The van der Waals surface area contributed by atoms with Crippen LogP contribution in [-0.2, 0) is 19.5 Å². The maximum absolute atomic E-state index is 13.5. The van der Waals surface area contributed by atoms with Gasteiger partial charge in [0.1, 0.15) is 5.69 Å². The van der Waals surface area contributed by atoms with Gasteiger partial charge in [0.2, 0.25) is 0 Å². The van der Waals surface area contributed by atoms with E-state index in [1.165, 1.54) is 10.6 Å². The highest BCUT2D eigenvalue weighted by molar-refractivity contribution is 7.13. The molecule has 1 amide bonds. The minimum Gasteiger partial charge on any atom is -0.336 e. The first kappa shape index (κ1) is 22.0. The molecule has 0 bridgehead atoms. The summed E-state index contributed by atoms with van der Waals surface area (Å²) in [5.74, 6) is 0.0688. The van der Waals surface area contributed by atoms with E-state index in [1.54, 1.807) is 22.7 Å². The minimum absolute atomic E-state index is 0.0688. The molecule has 0 aliphatic carbocycles. The Morgan fingerprint density at radius 1 is 1.00 bits per heavy atom. The maximum Gasteiger partial charge on any atom is 0.257 e. The number of aromatic nitrogens is 3. The number of thiazole rings is 1. The highest BCUT2D eigenvalue weighted by atomic mass is 32.1. The van der Waals surface area contributed by atoms with E-state index in [9.17, 15) is 4.79 Å². The van der Waals surface area contributed by atoms with Gasteiger partial charge in [-0.05, 0) is 23.4 Å². The lowest BCUT2D eigenvalue weighted by Gasteiger charge is -2.34. The first-order valence-electron chi connectivity index (χ1n) is 11.3. The Hall–Kier alpha value is -2.81. The molecule has 8 heteroatoms. The van der Waals surface area contributed by atoms with Gasteiger partial charge in [0.05, 0.1) is 27.7 Å². The lowest BCUT2D eigenvalue weighted by atomic mass is 10.1. The van der Waals surface area contributed by atoms with Gasteiger partial charge in [-0.25, -0.2) is 4.98 Å². The van der Waals surface area contributed by atoms with E-state index in [-0.39, 0.29) is 5.91 Å². The van der Waals surface area contributed by atoms with Gasteiger partial charge >= 0.3 is 0 Å². The van der Waals surface area contributed by atoms with Crippen molar-refractivity contribution < 1.29 is 4.79 Å². The zero-order valence-electron chi connectivity index (χ0n) is 18.7. The van der Waals surface area contributed by atoms with Crippen molar-refractivity contribution >= 4 is 28.6 Å². The second-order valence-corrected chi connectivity index (χ2v) is 10.1. The van der Waals surface area contributed by atoms with E-state index in [0.717, 1.165) is 55.4 Å². The summed E-state index contributed by atoms with van der Waals surface area (Å²) >= 11 is 3.35. The average molecular weight is 478 g/mol. The normalized spacial score (nSPS) is 14.6. The molecule has 0 N–H and O–H groups in total. The fraction of sp³-hybridized carbons (Fsp3) is 0.320. The largest absolute Gasteiger partial charge is 0.336 e. The highest BCUT2D eigenvalue weighted by Crippen LogP contribution is 2.28. The molecule has 33 heavy (non-hydrogen) atoms. The van der Waals surface area contributed by atoms with Crippen molar-refractivity contribution in [2.24, 2.45) is 0 Å². The van der Waals surface area contributed by atoms with E-state index < -0.39 is 0 Å². The van der Waals surface area contributed by atoms with Gasteiger partial charge in [-0.1, -0.05) is 43.3 Å².